The summed E-state index contributed by atoms with van der Waals surface area (Å²) in [5, 5.41) is 1.74. The van der Waals surface area contributed by atoms with E-state index >= 15 is 0 Å². The zero-order valence-corrected chi connectivity index (χ0v) is 15.1. The van der Waals surface area contributed by atoms with Crippen LogP contribution < -0.4 is 11.1 Å². The van der Waals surface area contributed by atoms with Crippen LogP contribution in [-0.2, 0) is 24.1 Å². The van der Waals surface area contributed by atoms with Gasteiger partial charge in [0, 0.05) is 6.42 Å². The second kappa shape index (κ2) is 9.83. The van der Waals surface area contributed by atoms with E-state index in [9.17, 15) is 18.0 Å². The van der Waals surface area contributed by atoms with Gasteiger partial charge < -0.3 is 20.5 Å². The van der Waals surface area contributed by atoms with Crippen molar-refractivity contribution in [2.75, 3.05) is 19.0 Å². The van der Waals surface area contributed by atoms with Crippen molar-refractivity contribution >= 4 is 21.8 Å². The van der Waals surface area contributed by atoms with E-state index in [4.69, 9.17) is 15.2 Å². The van der Waals surface area contributed by atoms with Crippen LogP contribution in [0.5, 0.6) is 0 Å². The molecule has 1 aliphatic rings. The third-order valence-corrected chi connectivity index (χ3v) is 6.21. The van der Waals surface area contributed by atoms with E-state index in [0.717, 1.165) is 12.8 Å². The standard InChI is InChI=1S/C15H28N2O6S/c1-3-5-12(6-4-2)24(20,21)10-13(14(16)18)17-15(19)23-11-7-8-22-9-11/h11-13H,3-10H2,1-2H3,(H2,16,18)(H,17,19)/t11-,13?/m1/s1. The molecule has 1 aliphatic heterocycles. The highest BCUT2D eigenvalue weighted by Crippen LogP contribution is 2.17. The molecule has 0 aromatic carbocycles. The number of sulfone groups is 1. The summed E-state index contributed by atoms with van der Waals surface area (Å²) in [7, 11) is -3.56. The average Bonchev–Trinajstić information content (AvgIpc) is 2.98. The fraction of sp³-hybridized carbons (Fsp3) is 0.867. The molecule has 8 nitrogen and oxygen atoms in total. The lowest BCUT2D eigenvalue weighted by molar-refractivity contribution is -0.119. The zero-order chi connectivity index (χ0) is 18.2. The number of nitrogens with two attached hydrogens (primary N) is 1. The lowest BCUT2D eigenvalue weighted by Gasteiger charge is -2.21. The first-order valence-corrected chi connectivity index (χ1v) is 10.1. The number of ether oxygens (including phenoxy) is 2. The molecule has 1 unspecified atom stereocenters. The Morgan fingerprint density at radius 3 is 2.38 bits per heavy atom. The number of nitrogens with one attached hydrogen (secondary N) is 1. The molecule has 0 aliphatic carbocycles. The van der Waals surface area contributed by atoms with Gasteiger partial charge in [0.05, 0.1) is 24.2 Å². The van der Waals surface area contributed by atoms with Crippen LogP contribution in [0.3, 0.4) is 0 Å². The molecule has 2 amide bonds. The van der Waals surface area contributed by atoms with Crippen LogP contribution >= 0.6 is 0 Å². The average molecular weight is 364 g/mol. The van der Waals surface area contributed by atoms with Gasteiger partial charge in [0.2, 0.25) is 5.91 Å². The second-order valence-electron chi connectivity index (χ2n) is 6.02. The number of hydrogen-bond donors (Lipinski definition) is 2. The van der Waals surface area contributed by atoms with Crippen molar-refractivity contribution in [2.45, 2.75) is 63.3 Å². The molecular formula is C15H28N2O6S. The maximum atomic E-state index is 12.5. The summed E-state index contributed by atoms with van der Waals surface area (Å²) in [6.07, 6.45) is 1.82. The predicted octanol–water partition coefficient (Wildman–Crippen LogP) is 0.739. The first kappa shape index (κ1) is 20.7. The van der Waals surface area contributed by atoms with E-state index in [1.165, 1.54) is 0 Å². The smallest absolute Gasteiger partial charge is 0.408 e. The molecule has 2 atom stereocenters. The summed E-state index contributed by atoms with van der Waals surface area (Å²) in [6, 6.07) is -1.30. The fourth-order valence-corrected chi connectivity index (χ4v) is 4.82. The van der Waals surface area contributed by atoms with Gasteiger partial charge in [-0.1, -0.05) is 26.7 Å². The van der Waals surface area contributed by atoms with Gasteiger partial charge in [-0.15, -0.1) is 0 Å². The van der Waals surface area contributed by atoms with Crippen LogP contribution in [0.4, 0.5) is 4.79 Å². The van der Waals surface area contributed by atoms with Crippen molar-refractivity contribution in [1.82, 2.24) is 5.32 Å². The van der Waals surface area contributed by atoms with Crippen LogP contribution in [0.1, 0.15) is 46.0 Å². The highest BCUT2D eigenvalue weighted by molar-refractivity contribution is 7.92. The van der Waals surface area contributed by atoms with Gasteiger partial charge in [-0.05, 0) is 12.8 Å². The topological polar surface area (TPSA) is 125 Å². The Hall–Kier alpha value is -1.35. The van der Waals surface area contributed by atoms with Crippen molar-refractivity contribution in [3.63, 3.8) is 0 Å². The van der Waals surface area contributed by atoms with Gasteiger partial charge in [-0.3, -0.25) is 4.79 Å². The number of amides is 2. The molecule has 140 valence electrons. The third kappa shape index (κ3) is 6.64. The minimum Gasteiger partial charge on any atom is -0.444 e. The molecule has 9 heteroatoms. The van der Waals surface area contributed by atoms with E-state index in [1.54, 1.807) is 0 Å². The van der Waals surface area contributed by atoms with Crippen LogP contribution in [0.25, 0.3) is 0 Å². The highest BCUT2D eigenvalue weighted by atomic mass is 32.2. The summed E-state index contributed by atoms with van der Waals surface area (Å²) < 4.78 is 35.2. The molecule has 1 fully saturated rings. The van der Waals surface area contributed by atoms with Crippen molar-refractivity contribution in [3.8, 4) is 0 Å². The molecule has 1 saturated heterocycles. The van der Waals surface area contributed by atoms with Gasteiger partial charge >= 0.3 is 6.09 Å². The minimum atomic E-state index is -3.56. The number of hydrogen-bond acceptors (Lipinski definition) is 6. The van der Waals surface area contributed by atoms with Crippen molar-refractivity contribution < 1.29 is 27.5 Å². The predicted molar refractivity (Wildman–Crippen MR) is 89.2 cm³/mol. The molecule has 0 aromatic heterocycles. The SMILES string of the molecule is CCCC(CCC)S(=O)(=O)CC(NC(=O)O[C@@H]1CCOC1)C(N)=O. The molecule has 0 aromatic rings. The first-order valence-electron chi connectivity index (χ1n) is 8.35. The third-order valence-electron chi connectivity index (χ3n) is 3.93. The number of carbonyl (C=O) groups excluding carboxylic acids is 2. The van der Waals surface area contributed by atoms with Crippen molar-refractivity contribution in [3.05, 3.63) is 0 Å². The molecule has 1 rings (SSSR count). The Bertz CT molecular complexity index is 510. The molecule has 0 radical (unpaired) electrons. The van der Waals surface area contributed by atoms with Gasteiger partial charge in [-0.2, -0.15) is 0 Å². The van der Waals surface area contributed by atoms with Crippen molar-refractivity contribution in [2.24, 2.45) is 5.73 Å². The van der Waals surface area contributed by atoms with Crippen LogP contribution in [0, 0.1) is 0 Å². The summed E-state index contributed by atoms with van der Waals surface area (Å²) in [5.41, 5.74) is 5.25. The van der Waals surface area contributed by atoms with Gasteiger partial charge in [0.25, 0.3) is 0 Å². The number of rotatable bonds is 10. The summed E-state index contributed by atoms with van der Waals surface area (Å²) in [5.74, 6) is -1.41. The molecule has 1 heterocycles. The lowest BCUT2D eigenvalue weighted by atomic mass is 10.2. The summed E-state index contributed by atoms with van der Waals surface area (Å²) in [6.45, 7) is 4.61. The Labute approximate surface area is 143 Å². The van der Waals surface area contributed by atoms with E-state index in [2.05, 4.69) is 5.32 Å². The zero-order valence-electron chi connectivity index (χ0n) is 14.3. The molecular weight excluding hydrogens is 336 g/mol. The highest BCUT2D eigenvalue weighted by Gasteiger charge is 2.32. The number of carbonyl (C=O) groups is 2. The Morgan fingerprint density at radius 2 is 1.92 bits per heavy atom. The van der Waals surface area contributed by atoms with Gasteiger partial charge in [-0.25, -0.2) is 13.2 Å². The molecule has 0 spiro atoms. The maximum Gasteiger partial charge on any atom is 0.408 e. The number of alkyl carbamates (subject to hydrolysis) is 1. The Balaban J connectivity index is 2.69. The molecule has 3 N–H and O–H groups in total. The Morgan fingerprint density at radius 1 is 1.29 bits per heavy atom. The van der Waals surface area contributed by atoms with Crippen LogP contribution in [0.2, 0.25) is 0 Å². The second-order valence-corrected chi connectivity index (χ2v) is 8.34. The molecule has 0 saturated carbocycles. The summed E-state index contributed by atoms with van der Waals surface area (Å²) in [4.78, 5) is 23.4. The van der Waals surface area contributed by atoms with E-state index < -0.39 is 38.9 Å². The minimum absolute atomic E-state index is 0.294. The van der Waals surface area contributed by atoms with Crippen LogP contribution in [0.15, 0.2) is 0 Å². The first-order chi connectivity index (χ1) is 11.3. The van der Waals surface area contributed by atoms with E-state index in [-0.39, 0.29) is 6.10 Å². The normalized spacial score (nSPS) is 19.2. The molecule has 24 heavy (non-hydrogen) atoms. The van der Waals surface area contributed by atoms with Gasteiger partial charge in [0.1, 0.15) is 12.1 Å². The monoisotopic (exact) mass is 364 g/mol. The lowest BCUT2D eigenvalue weighted by Crippen LogP contribution is -2.50. The molecule has 0 bridgehead atoms. The van der Waals surface area contributed by atoms with E-state index in [1.807, 2.05) is 13.8 Å². The number of primary amides is 1. The largest absolute Gasteiger partial charge is 0.444 e. The maximum absolute atomic E-state index is 12.5. The Kier molecular flexibility index (Phi) is 8.47. The summed E-state index contributed by atoms with van der Waals surface area (Å²) >= 11 is 0. The van der Waals surface area contributed by atoms with Crippen molar-refractivity contribution in [1.29, 1.82) is 0 Å². The quantitative estimate of drug-likeness (QED) is 0.589. The van der Waals surface area contributed by atoms with Crippen LogP contribution in [-0.4, -0.2) is 56.8 Å². The van der Waals surface area contributed by atoms with E-state index in [0.29, 0.717) is 32.5 Å². The van der Waals surface area contributed by atoms with Gasteiger partial charge in [0.15, 0.2) is 9.84 Å². The fourth-order valence-electron chi connectivity index (χ4n) is 2.64.